The van der Waals surface area contributed by atoms with Gasteiger partial charge in [-0.15, -0.1) is 0 Å². The predicted molar refractivity (Wildman–Crippen MR) is 104 cm³/mol. The highest BCUT2D eigenvalue weighted by molar-refractivity contribution is 6.30. The highest BCUT2D eigenvalue weighted by Gasteiger charge is 2.09. The number of halogens is 4. The largest absolute Gasteiger partial charge is 0.484 e. The zero-order chi connectivity index (χ0) is 22.1. The van der Waals surface area contributed by atoms with Gasteiger partial charge in [-0.2, -0.15) is 0 Å². The van der Waals surface area contributed by atoms with Gasteiger partial charge in [-0.1, -0.05) is 18.2 Å². The quantitative estimate of drug-likeness (QED) is 0.591. The number of hydrogen-bond donors (Lipinski definition) is 2. The molecule has 0 aliphatic rings. The average molecular weight is 443 g/mol. The molecule has 0 aliphatic carbocycles. The van der Waals surface area contributed by atoms with Crippen molar-refractivity contribution in [2.24, 2.45) is 0 Å². The van der Waals surface area contributed by atoms with Crippen LogP contribution in [0.4, 0.5) is 13.2 Å². The predicted octanol–water partition coefficient (Wildman–Crippen LogP) is 3.35. The third-order valence-corrected chi connectivity index (χ3v) is 3.89. The molecular weight excluding hydrogens is 425 g/mol. The summed E-state index contributed by atoms with van der Waals surface area (Å²) < 4.78 is 49.6. The fourth-order valence-corrected chi connectivity index (χ4v) is 2.27. The molecule has 0 unspecified atom stereocenters. The maximum Gasteiger partial charge on any atom is 0.262 e. The van der Waals surface area contributed by atoms with Crippen molar-refractivity contribution in [3.05, 3.63) is 71.1 Å². The van der Waals surface area contributed by atoms with Crippen LogP contribution in [0.25, 0.3) is 0 Å². The van der Waals surface area contributed by atoms with Crippen LogP contribution in [0.5, 0.6) is 11.5 Å². The number of carbonyl (C=O) groups is 2. The summed E-state index contributed by atoms with van der Waals surface area (Å²) in [6.45, 7) is 2.95. The molecule has 0 aromatic heterocycles. The van der Waals surface area contributed by atoms with E-state index in [9.17, 15) is 22.8 Å². The fourth-order valence-electron chi connectivity index (χ4n) is 2.15. The maximum atomic E-state index is 13.4. The van der Waals surface area contributed by atoms with E-state index in [0.29, 0.717) is 11.8 Å². The number of carbonyl (C=O) groups excluding carboxylic acids is 2. The third-order valence-electron chi connectivity index (χ3n) is 3.58. The van der Waals surface area contributed by atoms with Gasteiger partial charge in [0.2, 0.25) is 0 Å². The molecule has 10 heteroatoms. The van der Waals surface area contributed by atoms with E-state index < -0.39 is 35.9 Å². The molecule has 2 amide bonds. The molecule has 160 valence electrons. The van der Waals surface area contributed by atoms with Gasteiger partial charge in [-0.3, -0.25) is 9.59 Å². The number of benzene rings is 2. The molecule has 6 nitrogen and oxygen atoms in total. The third kappa shape index (κ3) is 7.67. The normalized spacial score (nSPS) is 10.3. The lowest BCUT2D eigenvalue weighted by Gasteiger charge is -2.11. The number of ether oxygens (including phenoxy) is 2. The topological polar surface area (TPSA) is 76.7 Å². The Morgan fingerprint density at radius 3 is 2.40 bits per heavy atom. The second kappa shape index (κ2) is 11.1. The van der Waals surface area contributed by atoms with Gasteiger partial charge < -0.3 is 20.1 Å². The minimum atomic E-state index is -0.914. The van der Waals surface area contributed by atoms with Crippen molar-refractivity contribution in [3.63, 3.8) is 0 Å². The summed E-state index contributed by atoms with van der Waals surface area (Å²) in [5, 5.41) is 4.91. The molecule has 0 atom stereocenters. The summed E-state index contributed by atoms with van der Waals surface area (Å²) in [5.41, 5.74) is 0.316. The highest BCUT2D eigenvalue weighted by atomic mass is 35.5. The lowest BCUT2D eigenvalue weighted by atomic mass is 10.3. The SMILES string of the molecule is C=C(CCNC(=O)COc1ccc(F)cc1F)NC(=O)COc1ccc(Cl)c(F)c1. The first-order valence-corrected chi connectivity index (χ1v) is 9.02. The summed E-state index contributed by atoms with van der Waals surface area (Å²) in [6, 6.07) is 6.52. The first-order chi connectivity index (χ1) is 14.2. The maximum absolute atomic E-state index is 13.4. The molecule has 0 saturated heterocycles. The lowest BCUT2D eigenvalue weighted by molar-refractivity contribution is -0.123. The van der Waals surface area contributed by atoms with Crippen LogP contribution in [0.3, 0.4) is 0 Å². The molecular formula is C20H18ClF3N2O4. The van der Waals surface area contributed by atoms with Crippen LogP contribution in [0, 0.1) is 17.5 Å². The summed E-state index contributed by atoms with van der Waals surface area (Å²) >= 11 is 5.56. The van der Waals surface area contributed by atoms with E-state index in [-0.39, 0.29) is 36.1 Å². The Balaban J connectivity index is 1.63. The summed E-state index contributed by atoms with van der Waals surface area (Å²) in [4.78, 5) is 23.5. The first-order valence-electron chi connectivity index (χ1n) is 8.64. The van der Waals surface area contributed by atoms with Crippen molar-refractivity contribution in [1.29, 1.82) is 0 Å². The Hall–Kier alpha value is -3.20. The van der Waals surface area contributed by atoms with E-state index in [1.54, 1.807) is 0 Å². The molecule has 0 fully saturated rings. The number of hydrogen-bond acceptors (Lipinski definition) is 4. The van der Waals surface area contributed by atoms with Crippen molar-refractivity contribution >= 4 is 23.4 Å². The summed E-state index contributed by atoms with van der Waals surface area (Å²) in [7, 11) is 0. The molecule has 0 heterocycles. The van der Waals surface area contributed by atoms with Crippen LogP contribution in [0.2, 0.25) is 5.02 Å². The summed E-state index contributed by atoms with van der Waals surface area (Å²) in [5.74, 6) is -3.49. The minimum Gasteiger partial charge on any atom is -0.484 e. The summed E-state index contributed by atoms with van der Waals surface area (Å²) in [6.07, 6.45) is 0.220. The van der Waals surface area contributed by atoms with Crippen LogP contribution in [-0.4, -0.2) is 31.6 Å². The number of amides is 2. The monoisotopic (exact) mass is 442 g/mol. The fraction of sp³-hybridized carbons (Fsp3) is 0.200. The van der Waals surface area contributed by atoms with Gasteiger partial charge >= 0.3 is 0 Å². The van der Waals surface area contributed by atoms with Crippen LogP contribution >= 0.6 is 11.6 Å². The van der Waals surface area contributed by atoms with Crippen LogP contribution in [-0.2, 0) is 9.59 Å². The van der Waals surface area contributed by atoms with Crippen molar-refractivity contribution in [3.8, 4) is 11.5 Å². The second-order valence-corrected chi connectivity index (χ2v) is 6.39. The Kier molecular flexibility index (Phi) is 8.54. The molecule has 2 N–H and O–H groups in total. The molecule has 2 aromatic rings. The first kappa shape index (κ1) is 23.1. The van der Waals surface area contributed by atoms with Gasteiger partial charge in [-0.25, -0.2) is 13.2 Å². The number of nitrogens with one attached hydrogen (secondary N) is 2. The molecule has 2 rings (SSSR count). The standard InChI is InChI=1S/C20H18ClF3N2O4/c1-12(26-20(28)11-29-14-3-4-15(21)16(23)9-14)6-7-25-19(27)10-30-18-5-2-13(22)8-17(18)24/h2-5,8-9H,1,6-7,10-11H2,(H,25,27)(H,26,28). The molecule has 0 radical (unpaired) electrons. The molecule has 30 heavy (non-hydrogen) atoms. The van der Waals surface area contributed by atoms with Gasteiger partial charge in [0.05, 0.1) is 5.02 Å². The molecule has 0 bridgehead atoms. The van der Waals surface area contributed by atoms with Crippen LogP contribution < -0.4 is 20.1 Å². The zero-order valence-electron chi connectivity index (χ0n) is 15.6. The Labute approximate surface area is 175 Å². The zero-order valence-corrected chi connectivity index (χ0v) is 16.4. The van der Waals surface area contributed by atoms with Crippen molar-refractivity contribution in [2.75, 3.05) is 19.8 Å². The minimum absolute atomic E-state index is 0.0598. The van der Waals surface area contributed by atoms with E-state index in [1.165, 1.54) is 12.1 Å². The molecule has 0 aliphatic heterocycles. The van der Waals surface area contributed by atoms with Gasteiger partial charge in [0, 0.05) is 30.8 Å². The van der Waals surface area contributed by atoms with E-state index in [4.69, 9.17) is 21.1 Å². The van der Waals surface area contributed by atoms with Crippen molar-refractivity contribution in [1.82, 2.24) is 10.6 Å². The van der Waals surface area contributed by atoms with E-state index in [2.05, 4.69) is 17.2 Å². The van der Waals surface area contributed by atoms with Gasteiger partial charge in [0.1, 0.15) is 17.4 Å². The highest BCUT2D eigenvalue weighted by Crippen LogP contribution is 2.20. The molecule has 2 aromatic carbocycles. The Morgan fingerprint density at radius 2 is 1.70 bits per heavy atom. The van der Waals surface area contributed by atoms with Gasteiger partial charge in [0.25, 0.3) is 11.8 Å². The lowest BCUT2D eigenvalue weighted by Crippen LogP contribution is -2.32. The van der Waals surface area contributed by atoms with E-state index in [0.717, 1.165) is 18.2 Å². The van der Waals surface area contributed by atoms with Gasteiger partial charge in [0.15, 0.2) is 24.8 Å². The molecule has 0 saturated carbocycles. The average Bonchev–Trinajstić information content (AvgIpc) is 2.68. The number of rotatable bonds is 10. The van der Waals surface area contributed by atoms with Crippen molar-refractivity contribution in [2.45, 2.75) is 6.42 Å². The van der Waals surface area contributed by atoms with Crippen molar-refractivity contribution < 1.29 is 32.2 Å². The smallest absolute Gasteiger partial charge is 0.262 e. The van der Waals surface area contributed by atoms with Gasteiger partial charge in [-0.05, 0) is 24.3 Å². The van der Waals surface area contributed by atoms with Crippen LogP contribution in [0.15, 0.2) is 48.7 Å². The van der Waals surface area contributed by atoms with Crippen LogP contribution in [0.1, 0.15) is 6.42 Å². The Morgan fingerprint density at radius 1 is 0.967 bits per heavy atom. The van der Waals surface area contributed by atoms with E-state index in [1.807, 2.05) is 0 Å². The van der Waals surface area contributed by atoms with E-state index >= 15 is 0 Å². The second-order valence-electron chi connectivity index (χ2n) is 5.98. The Bertz CT molecular complexity index is 940. The molecule has 0 spiro atoms.